The number of aromatic nitrogens is 1. The molecule has 0 fully saturated rings. The van der Waals surface area contributed by atoms with Crippen LogP contribution in [0.15, 0.2) is 12.3 Å². The van der Waals surface area contributed by atoms with Crippen molar-refractivity contribution >= 4 is 17.4 Å². The molecule has 3 nitrogen and oxygen atoms in total. The lowest BCUT2D eigenvalue weighted by molar-refractivity contribution is 0.484. The van der Waals surface area contributed by atoms with Gasteiger partial charge >= 0.3 is 0 Å². The van der Waals surface area contributed by atoms with Crippen LogP contribution in [0.5, 0.6) is 0 Å². The smallest absolute Gasteiger partial charge is 0.128 e. The summed E-state index contributed by atoms with van der Waals surface area (Å²) in [7, 11) is 1.93. The Labute approximate surface area is 122 Å². The van der Waals surface area contributed by atoms with Crippen LogP contribution in [0.2, 0.25) is 5.02 Å². The van der Waals surface area contributed by atoms with Crippen molar-refractivity contribution in [2.24, 2.45) is 5.92 Å². The van der Waals surface area contributed by atoms with Gasteiger partial charge in [0.15, 0.2) is 0 Å². The Hall–Kier alpha value is -0.800. The van der Waals surface area contributed by atoms with Crippen molar-refractivity contribution < 1.29 is 0 Å². The predicted octanol–water partition coefficient (Wildman–Crippen LogP) is 3.72. The van der Waals surface area contributed by atoms with Crippen molar-refractivity contribution in [1.29, 1.82) is 0 Å². The molecule has 0 spiro atoms. The van der Waals surface area contributed by atoms with Crippen molar-refractivity contribution in [3.63, 3.8) is 0 Å². The quantitative estimate of drug-likeness (QED) is 0.788. The van der Waals surface area contributed by atoms with Crippen LogP contribution in [0.25, 0.3) is 0 Å². The molecule has 1 aromatic rings. The van der Waals surface area contributed by atoms with Gasteiger partial charge in [0.05, 0.1) is 5.02 Å². The topological polar surface area (TPSA) is 28.2 Å². The Morgan fingerprint density at radius 2 is 2.00 bits per heavy atom. The molecule has 0 radical (unpaired) electrons. The van der Waals surface area contributed by atoms with Gasteiger partial charge in [0.25, 0.3) is 0 Å². The highest BCUT2D eigenvalue weighted by Gasteiger charge is 2.13. The molecule has 0 saturated heterocycles. The fraction of sp³-hybridized carbons (Fsp3) is 0.667. The van der Waals surface area contributed by atoms with E-state index in [9.17, 15) is 0 Å². The highest BCUT2D eigenvalue weighted by Crippen LogP contribution is 2.22. The Morgan fingerprint density at radius 3 is 2.53 bits per heavy atom. The van der Waals surface area contributed by atoms with Crippen LogP contribution >= 0.6 is 11.6 Å². The molecule has 1 aromatic heterocycles. The minimum Gasteiger partial charge on any atom is -0.357 e. The van der Waals surface area contributed by atoms with E-state index >= 15 is 0 Å². The van der Waals surface area contributed by atoms with Gasteiger partial charge in [0, 0.05) is 25.8 Å². The number of nitrogens with zero attached hydrogens (tertiary/aromatic N) is 2. The zero-order valence-electron chi connectivity index (χ0n) is 12.5. The largest absolute Gasteiger partial charge is 0.357 e. The summed E-state index contributed by atoms with van der Waals surface area (Å²) >= 11 is 6.16. The number of rotatable bonds is 8. The average molecular weight is 284 g/mol. The van der Waals surface area contributed by atoms with E-state index in [0.717, 1.165) is 42.0 Å². The van der Waals surface area contributed by atoms with E-state index in [1.807, 2.05) is 7.05 Å². The molecule has 0 aliphatic rings. The summed E-state index contributed by atoms with van der Waals surface area (Å²) in [6.45, 7) is 9.50. The van der Waals surface area contributed by atoms with E-state index in [1.165, 1.54) is 12.8 Å². The maximum absolute atomic E-state index is 6.16. The molecule has 1 heterocycles. The van der Waals surface area contributed by atoms with Gasteiger partial charge in [-0.1, -0.05) is 38.3 Å². The molecule has 0 aliphatic heterocycles. The maximum atomic E-state index is 6.16. The van der Waals surface area contributed by atoms with Gasteiger partial charge in [0.2, 0.25) is 0 Å². The Balaban J connectivity index is 2.88. The van der Waals surface area contributed by atoms with Gasteiger partial charge < -0.3 is 10.2 Å². The zero-order chi connectivity index (χ0) is 14.3. The van der Waals surface area contributed by atoms with Gasteiger partial charge in [-0.25, -0.2) is 4.98 Å². The third-order valence-electron chi connectivity index (χ3n) is 3.63. The summed E-state index contributed by atoms with van der Waals surface area (Å²) in [5, 5.41) is 3.87. The predicted molar refractivity (Wildman–Crippen MR) is 84.0 cm³/mol. The monoisotopic (exact) mass is 283 g/mol. The SMILES string of the molecule is CCC(CC)CN(CC)c1cc(CNC)c(Cl)cn1. The van der Waals surface area contributed by atoms with Crippen LogP contribution in [0.4, 0.5) is 5.82 Å². The number of pyridine rings is 1. The first kappa shape index (κ1) is 16.3. The van der Waals surface area contributed by atoms with E-state index in [2.05, 4.69) is 42.0 Å². The molecule has 1 N–H and O–H groups in total. The minimum absolute atomic E-state index is 0.727. The van der Waals surface area contributed by atoms with Crippen molar-refractivity contribution in [3.05, 3.63) is 22.8 Å². The second kappa shape index (κ2) is 8.39. The number of halogens is 1. The fourth-order valence-electron chi connectivity index (χ4n) is 2.21. The van der Waals surface area contributed by atoms with E-state index in [4.69, 9.17) is 11.6 Å². The van der Waals surface area contributed by atoms with Crippen LogP contribution in [0.1, 0.15) is 39.2 Å². The standard InChI is InChI=1S/C15H26ClN3/c1-5-12(6-2)11-19(7-3)15-8-13(9-17-4)14(16)10-18-15/h8,10,12,17H,5-7,9,11H2,1-4H3. The Kier molecular flexibility index (Phi) is 7.17. The van der Waals surface area contributed by atoms with E-state index < -0.39 is 0 Å². The molecule has 0 aromatic carbocycles. The molecule has 0 unspecified atom stereocenters. The van der Waals surface area contributed by atoms with Crippen LogP contribution < -0.4 is 10.2 Å². The second-order valence-electron chi connectivity index (χ2n) is 4.89. The summed E-state index contributed by atoms with van der Waals surface area (Å²) in [4.78, 5) is 6.82. The van der Waals surface area contributed by atoms with Crippen molar-refractivity contribution in [2.45, 2.75) is 40.2 Å². The zero-order valence-corrected chi connectivity index (χ0v) is 13.3. The molecule has 0 aliphatic carbocycles. The number of anilines is 1. The number of nitrogens with one attached hydrogen (secondary N) is 1. The molecule has 0 saturated carbocycles. The number of hydrogen-bond donors (Lipinski definition) is 1. The second-order valence-corrected chi connectivity index (χ2v) is 5.29. The molecular formula is C15H26ClN3. The lowest BCUT2D eigenvalue weighted by Crippen LogP contribution is -2.29. The summed E-state index contributed by atoms with van der Waals surface area (Å²) in [5.74, 6) is 1.76. The van der Waals surface area contributed by atoms with E-state index in [0.29, 0.717) is 0 Å². The van der Waals surface area contributed by atoms with Crippen molar-refractivity contribution in [3.8, 4) is 0 Å². The average Bonchev–Trinajstić information content (AvgIpc) is 2.43. The summed E-state index contributed by atoms with van der Waals surface area (Å²) in [5.41, 5.74) is 1.11. The van der Waals surface area contributed by atoms with Crippen LogP contribution in [-0.4, -0.2) is 25.1 Å². The summed E-state index contributed by atoms with van der Waals surface area (Å²) in [6.07, 6.45) is 4.19. The first-order chi connectivity index (χ1) is 9.15. The van der Waals surface area contributed by atoms with Crippen molar-refractivity contribution in [1.82, 2.24) is 10.3 Å². The lowest BCUT2D eigenvalue weighted by atomic mass is 10.0. The van der Waals surface area contributed by atoms with Crippen molar-refractivity contribution in [2.75, 3.05) is 25.0 Å². The molecule has 1 rings (SSSR count). The summed E-state index contributed by atoms with van der Waals surface area (Å²) in [6, 6.07) is 2.10. The molecule has 19 heavy (non-hydrogen) atoms. The molecule has 0 bridgehead atoms. The fourth-order valence-corrected chi connectivity index (χ4v) is 2.38. The molecule has 4 heteroatoms. The van der Waals surface area contributed by atoms with Crippen LogP contribution in [0, 0.1) is 5.92 Å². The third-order valence-corrected chi connectivity index (χ3v) is 3.97. The van der Waals surface area contributed by atoms with Gasteiger partial charge in [-0.15, -0.1) is 0 Å². The maximum Gasteiger partial charge on any atom is 0.128 e. The number of hydrogen-bond acceptors (Lipinski definition) is 3. The van der Waals surface area contributed by atoms with E-state index in [1.54, 1.807) is 6.20 Å². The Morgan fingerprint density at radius 1 is 1.32 bits per heavy atom. The van der Waals surface area contributed by atoms with Gasteiger partial charge in [0.1, 0.15) is 5.82 Å². The molecule has 108 valence electrons. The molecule has 0 amide bonds. The first-order valence-electron chi connectivity index (χ1n) is 7.20. The summed E-state index contributed by atoms with van der Waals surface area (Å²) < 4.78 is 0. The Bertz CT molecular complexity index is 378. The van der Waals surface area contributed by atoms with Gasteiger partial charge in [-0.3, -0.25) is 0 Å². The minimum atomic E-state index is 0.727. The van der Waals surface area contributed by atoms with Crippen LogP contribution in [0.3, 0.4) is 0 Å². The van der Waals surface area contributed by atoms with Crippen LogP contribution in [-0.2, 0) is 6.54 Å². The van der Waals surface area contributed by atoms with Gasteiger partial charge in [-0.05, 0) is 31.5 Å². The lowest BCUT2D eigenvalue weighted by Gasteiger charge is -2.27. The highest BCUT2D eigenvalue weighted by atomic mass is 35.5. The first-order valence-corrected chi connectivity index (χ1v) is 7.57. The normalized spacial score (nSPS) is 11.1. The van der Waals surface area contributed by atoms with E-state index in [-0.39, 0.29) is 0 Å². The molecule has 0 atom stereocenters. The van der Waals surface area contributed by atoms with Gasteiger partial charge in [-0.2, -0.15) is 0 Å². The third kappa shape index (κ3) is 4.66. The highest BCUT2D eigenvalue weighted by molar-refractivity contribution is 6.31. The molecular weight excluding hydrogens is 258 g/mol.